The zero-order valence-electron chi connectivity index (χ0n) is 18.2. The molecular weight excluding hydrogens is 422 g/mol. The van der Waals surface area contributed by atoms with E-state index in [0.717, 1.165) is 38.1 Å². The van der Waals surface area contributed by atoms with Crippen LogP contribution < -0.4 is 15.4 Å². The maximum Gasteiger partial charge on any atom is 0.291 e. The Kier molecular flexibility index (Phi) is 6.56. The molecule has 1 aromatic carbocycles. The number of hydrogen-bond donors (Lipinski definition) is 2. The van der Waals surface area contributed by atoms with E-state index in [2.05, 4.69) is 29.5 Å². The topological polar surface area (TPSA) is 76.4 Å². The van der Waals surface area contributed by atoms with Crippen LogP contribution in [-0.2, 0) is 0 Å². The molecule has 0 aliphatic rings. The maximum atomic E-state index is 12.7. The van der Waals surface area contributed by atoms with Crippen molar-refractivity contribution in [3.05, 3.63) is 94.4 Å². The quantitative estimate of drug-likeness (QED) is 0.336. The van der Waals surface area contributed by atoms with Gasteiger partial charge in [0, 0.05) is 16.6 Å². The molecule has 0 radical (unpaired) electrons. The first-order valence-corrected chi connectivity index (χ1v) is 11.2. The van der Waals surface area contributed by atoms with E-state index in [1.54, 1.807) is 29.7 Å². The number of carbonyl (C=O) groups is 1. The molecule has 1 unspecified atom stereocenters. The zero-order chi connectivity index (χ0) is 22.5. The monoisotopic (exact) mass is 447 g/mol. The molecule has 0 aliphatic heterocycles. The number of benzene rings is 1. The normalized spacial score (nSPS) is 11.7. The van der Waals surface area contributed by atoms with Gasteiger partial charge >= 0.3 is 0 Å². The molecule has 0 aliphatic carbocycles. The second kappa shape index (κ2) is 9.70. The average Bonchev–Trinajstić information content (AvgIpc) is 3.43. The molecule has 1 atom stereocenters. The second-order valence-electron chi connectivity index (χ2n) is 7.25. The van der Waals surface area contributed by atoms with Crippen molar-refractivity contribution in [1.29, 1.82) is 0 Å². The lowest BCUT2D eigenvalue weighted by Gasteiger charge is -2.22. The van der Waals surface area contributed by atoms with Gasteiger partial charge in [-0.15, -0.1) is 11.3 Å². The van der Waals surface area contributed by atoms with Crippen LogP contribution in [0.4, 0.5) is 10.8 Å². The van der Waals surface area contributed by atoms with Crippen LogP contribution in [0.5, 0.6) is 5.75 Å². The van der Waals surface area contributed by atoms with Gasteiger partial charge in [-0.3, -0.25) is 4.79 Å². The van der Waals surface area contributed by atoms with Crippen LogP contribution in [0, 0.1) is 13.8 Å². The van der Waals surface area contributed by atoms with E-state index in [9.17, 15) is 4.79 Å². The van der Waals surface area contributed by atoms with Gasteiger partial charge in [-0.1, -0.05) is 18.2 Å². The summed E-state index contributed by atoms with van der Waals surface area (Å²) in [4.78, 5) is 18.3. The molecule has 0 saturated carbocycles. The van der Waals surface area contributed by atoms with Crippen molar-refractivity contribution >= 4 is 28.1 Å². The number of nitrogens with one attached hydrogen (secondary N) is 2. The smallest absolute Gasteiger partial charge is 0.291 e. The first-order valence-electron chi connectivity index (χ1n) is 10.4. The first kappa shape index (κ1) is 21.6. The summed E-state index contributed by atoms with van der Waals surface area (Å²) in [6, 6.07) is 16.9. The number of thiophene rings is 1. The standard InChI is InChI=1S/C25H25N3O3S/c1-4-30-19-12-10-18(11-13-19)23(27-21-9-5-6-14-26-21)22-16(2)17(3)32-25(22)28-24(29)20-8-7-15-31-20/h5-15,23H,4H2,1-3H3,(H,26,27)(H,28,29). The fourth-order valence-electron chi connectivity index (χ4n) is 3.50. The Bertz CT molecular complexity index is 1170. The number of aromatic nitrogens is 1. The summed E-state index contributed by atoms with van der Waals surface area (Å²) in [6.45, 7) is 6.71. The molecule has 0 spiro atoms. The molecule has 0 saturated heterocycles. The van der Waals surface area contributed by atoms with E-state index in [-0.39, 0.29) is 17.7 Å². The number of aryl methyl sites for hydroxylation is 1. The third-order valence-corrected chi connectivity index (χ3v) is 6.31. The third kappa shape index (κ3) is 4.68. The lowest BCUT2D eigenvalue weighted by Crippen LogP contribution is -2.17. The Balaban J connectivity index is 1.75. The van der Waals surface area contributed by atoms with Gasteiger partial charge in [-0.05, 0) is 68.3 Å². The Morgan fingerprint density at radius 1 is 1.12 bits per heavy atom. The number of pyridine rings is 1. The number of anilines is 2. The van der Waals surface area contributed by atoms with Crippen LogP contribution in [-0.4, -0.2) is 17.5 Å². The predicted octanol–water partition coefficient (Wildman–Crippen LogP) is 6.21. The minimum Gasteiger partial charge on any atom is -0.494 e. The summed E-state index contributed by atoms with van der Waals surface area (Å²) in [5.74, 6) is 1.56. The van der Waals surface area contributed by atoms with Gasteiger partial charge in [-0.25, -0.2) is 4.98 Å². The maximum absolute atomic E-state index is 12.7. The highest BCUT2D eigenvalue weighted by atomic mass is 32.1. The van der Waals surface area contributed by atoms with Crippen molar-refractivity contribution in [3.8, 4) is 5.75 Å². The number of amides is 1. The Morgan fingerprint density at radius 3 is 2.59 bits per heavy atom. The molecule has 1 amide bonds. The van der Waals surface area contributed by atoms with Gasteiger partial charge in [0.1, 0.15) is 16.6 Å². The summed E-state index contributed by atoms with van der Waals surface area (Å²) in [5.41, 5.74) is 3.16. The van der Waals surface area contributed by atoms with Crippen LogP contribution in [0.1, 0.15) is 45.1 Å². The first-order chi connectivity index (χ1) is 15.6. The molecule has 6 nitrogen and oxygen atoms in total. The molecule has 3 heterocycles. The summed E-state index contributed by atoms with van der Waals surface area (Å²) < 4.78 is 10.9. The fraction of sp³-hybridized carbons (Fsp3) is 0.200. The van der Waals surface area contributed by atoms with E-state index < -0.39 is 0 Å². The van der Waals surface area contributed by atoms with Crippen LogP contribution in [0.3, 0.4) is 0 Å². The molecule has 4 rings (SSSR count). The number of hydrogen-bond acceptors (Lipinski definition) is 6. The minimum atomic E-state index is -0.277. The Morgan fingerprint density at radius 2 is 1.94 bits per heavy atom. The minimum absolute atomic E-state index is 0.225. The van der Waals surface area contributed by atoms with Gasteiger partial charge in [0.25, 0.3) is 5.91 Å². The van der Waals surface area contributed by atoms with E-state index in [0.29, 0.717) is 6.61 Å². The SMILES string of the molecule is CCOc1ccc(C(Nc2ccccn2)c2c(NC(=O)c3ccco3)sc(C)c2C)cc1. The molecule has 0 fully saturated rings. The number of rotatable bonds is 8. The third-order valence-electron chi connectivity index (χ3n) is 5.17. The molecule has 4 aromatic rings. The number of nitrogens with zero attached hydrogens (tertiary/aromatic N) is 1. The van der Waals surface area contributed by atoms with Gasteiger partial charge in [-0.2, -0.15) is 0 Å². The van der Waals surface area contributed by atoms with Gasteiger partial charge in [0.15, 0.2) is 5.76 Å². The van der Waals surface area contributed by atoms with E-state index in [1.165, 1.54) is 6.26 Å². The van der Waals surface area contributed by atoms with E-state index in [1.807, 2.05) is 49.4 Å². The fourth-order valence-corrected chi connectivity index (χ4v) is 4.59. The molecule has 3 aromatic heterocycles. The summed E-state index contributed by atoms with van der Waals surface area (Å²) >= 11 is 1.55. The number of carbonyl (C=O) groups excluding carboxylic acids is 1. The van der Waals surface area contributed by atoms with Crippen LogP contribution in [0.2, 0.25) is 0 Å². The highest BCUT2D eigenvalue weighted by Crippen LogP contribution is 2.41. The Labute approximate surface area is 191 Å². The van der Waals surface area contributed by atoms with Gasteiger partial charge in [0.2, 0.25) is 0 Å². The van der Waals surface area contributed by atoms with Crippen LogP contribution in [0.25, 0.3) is 0 Å². The zero-order valence-corrected chi connectivity index (χ0v) is 19.0. The summed E-state index contributed by atoms with van der Waals surface area (Å²) in [5, 5.41) is 7.37. The van der Waals surface area contributed by atoms with Crippen molar-refractivity contribution in [2.75, 3.05) is 17.2 Å². The summed E-state index contributed by atoms with van der Waals surface area (Å²) in [6.07, 6.45) is 3.25. The number of ether oxygens (including phenoxy) is 1. The Hall–Kier alpha value is -3.58. The molecule has 164 valence electrons. The van der Waals surface area contributed by atoms with Crippen molar-refractivity contribution in [3.63, 3.8) is 0 Å². The van der Waals surface area contributed by atoms with Crippen molar-refractivity contribution in [1.82, 2.24) is 4.98 Å². The van der Waals surface area contributed by atoms with Crippen molar-refractivity contribution in [2.24, 2.45) is 0 Å². The average molecular weight is 448 g/mol. The van der Waals surface area contributed by atoms with Gasteiger partial charge in [0.05, 0.1) is 18.9 Å². The highest BCUT2D eigenvalue weighted by molar-refractivity contribution is 7.16. The summed E-state index contributed by atoms with van der Waals surface area (Å²) in [7, 11) is 0. The van der Waals surface area contributed by atoms with Gasteiger partial charge < -0.3 is 19.8 Å². The lowest BCUT2D eigenvalue weighted by molar-refractivity contribution is 0.0997. The van der Waals surface area contributed by atoms with Crippen LogP contribution >= 0.6 is 11.3 Å². The number of furan rings is 1. The van der Waals surface area contributed by atoms with Crippen LogP contribution in [0.15, 0.2) is 71.5 Å². The lowest BCUT2D eigenvalue weighted by atomic mass is 9.96. The largest absolute Gasteiger partial charge is 0.494 e. The molecule has 7 heteroatoms. The molecule has 0 bridgehead atoms. The van der Waals surface area contributed by atoms with Crippen molar-refractivity contribution in [2.45, 2.75) is 26.8 Å². The predicted molar refractivity (Wildman–Crippen MR) is 128 cm³/mol. The van der Waals surface area contributed by atoms with E-state index in [4.69, 9.17) is 9.15 Å². The molecular formula is C25H25N3O3S. The second-order valence-corrected chi connectivity index (χ2v) is 8.48. The molecule has 32 heavy (non-hydrogen) atoms. The molecule has 2 N–H and O–H groups in total. The highest BCUT2D eigenvalue weighted by Gasteiger charge is 2.25. The van der Waals surface area contributed by atoms with Crippen molar-refractivity contribution < 1.29 is 13.9 Å². The van der Waals surface area contributed by atoms with E-state index >= 15 is 0 Å².